The first-order valence-electron chi connectivity index (χ1n) is 10.8. The Labute approximate surface area is 182 Å². The minimum atomic E-state index is -0.0736. The van der Waals surface area contributed by atoms with Gasteiger partial charge in [-0.05, 0) is 56.5 Å². The van der Waals surface area contributed by atoms with Crippen LogP contribution in [0.25, 0.3) is 17.0 Å². The predicted octanol–water partition coefficient (Wildman–Crippen LogP) is 4.43. The second-order valence-electron chi connectivity index (χ2n) is 7.88. The Bertz CT molecular complexity index is 1020. The van der Waals surface area contributed by atoms with E-state index in [1.807, 2.05) is 34.9 Å². The van der Waals surface area contributed by atoms with Crippen molar-refractivity contribution in [3.8, 4) is 11.4 Å². The summed E-state index contributed by atoms with van der Waals surface area (Å²) in [7, 11) is 0. The van der Waals surface area contributed by atoms with Gasteiger partial charge in [-0.25, -0.2) is 0 Å². The highest BCUT2D eigenvalue weighted by Crippen LogP contribution is 2.22. The molecule has 1 amide bonds. The molecule has 1 aliphatic rings. The van der Waals surface area contributed by atoms with E-state index in [1.54, 1.807) is 12.1 Å². The standard InChI is InChI=1S/C23H28ClN5O/c1-2-20-9-3-4-12-28(20)13-6-11-25-23(30)18-10-14-29-21(16-18)26-27-22(29)17-7-5-8-19(24)15-17/h5,7-8,10,14-16,20H,2-4,6,9,11-13H2,1H3,(H,25,30)/t20-/m0/s1. The molecule has 0 bridgehead atoms. The highest BCUT2D eigenvalue weighted by molar-refractivity contribution is 6.30. The fourth-order valence-corrected chi connectivity index (χ4v) is 4.45. The van der Waals surface area contributed by atoms with Gasteiger partial charge >= 0.3 is 0 Å². The lowest BCUT2D eigenvalue weighted by atomic mass is 10.00. The first kappa shape index (κ1) is 20.8. The van der Waals surface area contributed by atoms with Gasteiger partial charge in [0, 0.05) is 41.5 Å². The van der Waals surface area contributed by atoms with Crippen LogP contribution in [0.2, 0.25) is 5.02 Å². The molecule has 1 N–H and O–H groups in total. The zero-order chi connectivity index (χ0) is 20.9. The summed E-state index contributed by atoms with van der Waals surface area (Å²) in [6, 6.07) is 11.8. The number of piperidine rings is 1. The zero-order valence-electron chi connectivity index (χ0n) is 17.4. The molecule has 6 nitrogen and oxygen atoms in total. The monoisotopic (exact) mass is 425 g/mol. The summed E-state index contributed by atoms with van der Waals surface area (Å²) >= 11 is 6.09. The molecular formula is C23H28ClN5O. The highest BCUT2D eigenvalue weighted by Gasteiger charge is 2.20. The Morgan fingerprint density at radius 1 is 1.23 bits per heavy atom. The molecule has 1 aliphatic heterocycles. The number of carbonyl (C=O) groups is 1. The van der Waals surface area contributed by atoms with E-state index in [-0.39, 0.29) is 5.91 Å². The van der Waals surface area contributed by atoms with Gasteiger partial charge in [-0.15, -0.1) is 10.2 Å². The van der Waals surface area contributed by atoms with Gasteiger partial charge in [-0.2, -0.15) is 0 Å². The van der Waals surface area contributed by atoms with Crippen LogP contribution in [0, 0.1) is 0 Å². The van der Waals surface area contributed by atoms with E-state index in [1.165, 1.54) is 32.2 Å². The van der Waals surface area contributed by atoms with Crippen molar-refractivity contribution in [3.05, 3.63) is 53.2 Å². The lowest BCUT2D eigenvalue weighted by Gasteiger charge is -2.35. The van der Waals surface area contributed by atoms with Gasteiger partial charge in [0.05, 0.1) is 0 Å². The number of rotatable bonds is 7. The summed E-state index contributed by atoms with van der Waals surface area (Å²) in [6.45, 7) is 5.18. The van der Waals surface area contributed by atoms with Crippen molar-refractivity contribution in [2.75, 3.05) is 19.6 Å². The Morgan fingerprint density at radius 3 is 2.97 bits per heavy atom. The number of nitrogens with zero attached hydrogens (tertiary/aromatic N) is 4. The molecule has 0 radical (unpaired) electrons. The van der Waals surface area contributed by atoms with Crippen LogP contribution in [0.15, 0.2) is 42.6 Å². The molecule has 1 aromatic carbocycles. The number of pyridine rings is 1. The summed E-state index contributed by atoms with van der Waals surface area (Å²) < 4.78 is 1.86. The van der Waals surface area contributed by atoms with Gasteiger partial charge in [0.15, 0.2) is 11.5 Å². The average molecular weight is 426 g/mol. The molecule has 7 heteroatoms. The molecule has 0 unspecified atom stereocenters. The van der Waals surface area contributed by atoms with Crippen LogP contribution in [0.4, 0.5) is 0 Å². The molecular weight excluding hydrogens is 398 g/mol. The minimum Gasteiger partial charge on any atom is -0.352 e. The third kappa shape index (κ3) is 4.65. The van der Waals surface area contributed by atoms with Crippen LogP contribution in [0.3, 0.4) is 0 Å². The Balaban J connectivity index is 1.36. The maximum absolute atomic E-state index is 12.6. The number of hydrogen-bond donors (Lipinski definition) is 1. The topological polar surface area (TPSA) is 62.5 Å². The van der Waals surface area contributed by atoms with Crippen LogP contribution in [0.5, 0.6) is 0 Å². The fraction of sp³-hybridized carbons (Fsp3) is 0.435. The van der Waals surface area contributed by atoms with E-state index in [9.17, 15) is 4.79 Å². The van der Waals surface area contributed by atoms with E-state index in [2.05, 4.69) is 27.3 Å². The fourth-order valence-electron chi connectivity index (χ4n) is 4.26. The Kier molecular flexibility index (Phi) is 6.65. The third-order valence-electron chi connectivity index (χ3n) is 5.88. The van der Waals surface area contributed by atoms with E-state index < -0.39 is 0 Å². The van der Waals surface area contributed by atoms with E-state index in [0.29, 0.717) is 34.6 Å². The number of fused-ring (bicyclic) bond motifs is 1. The highest BCUT2D eigenvalue weighted by atomic mass is 35.5. The Hall–Kier alpha value is -2.44. The first-order valence-corrected chi connectivity index (χ1v) is 11.2. The SMILES string of the molecule is CC[C@H]1CCCCN1CCCNC(=O)c1ccn2c(-c3cccc(Cl)c3)nnc2c1. The van der Waals surface area contributed by atoms with Crippen molar-refractivity contribution in [1.29, 1.82) is 0 Å². The quantitative estimate of drug-likeness (QED) is 0.568. The number of hydrogen-bond acceptors (Lipinski definition) is 4. The van der Waals surface area contributed by atoms with E-state index in [4.69, 9.17) is 11.6 Å². The molecule has 30 heavy (non-hydrogen) atoms. The molecule has 1 atom stereocenters. The van der Waals surface area contributed by atoms with Crippen LogP contribution >= 0.6 is 11.6 Å². The second kappa shape index (κ2) is 9.58. The first-order chi connectivity index (χ1) is 14.7. The molecule has 1 saturated heterocycles. The molecule has 3 heterocycles. The lowest BCUT2D eigenvalue weighted by Crippen LogP contribution is -2.40. The van der Waals surface area contributed by atoms with Crippen LogP contribution in [-0.4, -0.2) is 51.1 Å². The predicted molar refractivity (Wildman–Crippen MR) is 120 cm³/mol. The summed E-state index contributed by atoms with van der Waals surface area (Å²) in [5.41, 5.74) is 2.11. The van der Waals surface area contributed by atoms with Crippen molar-refractivity contribution in [1.82, 2.24) is 24.8 Å². The van der Waals surface area contributed by atoms with Gasteiger partial charge in [0.1, 0.15) is 0 Å². The minimum absolute atomic E-state index is 0.0736. The normalized spacial score (nSPS) is 17.3. The molecule has 0 aliphatic carbocycles. The molecule has 2 aromatic heterocycles. The summed E-state index contributed by atoms with van der Waals surface area (Å²) in [5.74, 6) is 0.627. The van der Waals surface area contributed by atoms with Gasteiger partial charge in [-0.3, -0.25) is 9.20 Å². The van der Waals surface area contributed by atoms with Crippen LogP contribution in [0.1, 0.15) is 49.4 Å². The largest absolute Gasteiger partial charge is 0.352 e. The molecule has 4 rings (SSSR count). The summed E-state index contributed by atoms with van der Waals surface area (Å²) in [4.78, 5) is 15.2. The zero-order valence-corrected chi connectivity index (χ0v) is 18.1. The number of amides is 1. The van der Waals surface area contributed by atoms with Crippen LogP contribution < -0.4 is 5.32 Å². The van der Waals surface area contributed by atoms with Crippen molar-refractivity contribution < 1.29 is 4.79 Å². The molecule has 0 spiro atoms. The molecule has 158 valence electrons. The second-order valence-corrected chi connectivity index (χ2v) is 8.32. The third-order valence-corrected chi connectivity index (χ3v) is 6.12. The van der Waals surface area contributed by atoms with Crippen molar-refractivity contribution in [2.24, 2.45) is 0 Å². The molecule has 3 aromatic rings. The summed E-state index contributed by atoms with van der Waals surface area (Å²) in [6.07, 6.45) is 7.95. The van der Waals surface area contributed by atoms with Gasteiger partial charge < -0.3 is 10.2 Å². The van der Waals surface area contributed by atoms with Gasteiger partial charge in [0.25, 0.3) is 5.91 Å². The number of likely N-dealkylation sites (tertiary alicyclic amines) is 1. The van der Waals surface area contributed by atoms with Crippen molar-refractivity contribution in [2.45, 2.75) is 45.1 Å². The Morgan fingerprint density at radius 2 is 2.13 bits per heavy atom. The smallest absolute Gasteiger partial charge is 0.251 e. The van der Waals surface area contributed by atoms with Crippen molar-refractivity contribution >= 4 is 23.2 Å². The van der Waals surface area contributed by atoms with E-state index in [0.717, 1.165) is 18.5 Å². The van der Waals surface area contributed by atoms with Gasteiger partial charge in [-0.1, -0.05) is 37.1 Å². The number of carbonyl (C=O) groups excluding carboxylic acids is 1. The van der Waals surface area contributed by atoms with Gasteiger partial charge in [0.2, 0.25) is 0 Å². The molecule has 1 fully saturated rings. The maximum atomic E-state index is 12.6. The average Bonchev–Trinajstić information content (AvgIpc) is 3.20. The van der Waals surface area contributed by atoms with E-state index >= 15 is 0 Å². The number of nitrogens with one attached hydrogen (secondary N) is 1. The summed E-state index contributed by atoms with van der Waals surface area (Å²) in [5, 5.41) is 12.2. The van der Waals surface area contributed by atoms with Crippen molar-refractivity contribution in [3.63, 3.8) is 0 Å². The number of benzene rings is 1. The molecule has 0 saturated carbocycles. The number of aromatic nitrogens is 3. The maximum Gasteiger partial charge on any atom is 0.251 e. The lowest BCUT2D eigenvalue weighted by molar-refractivity contribution is 0.0947. The van der Waals surface area contributed by atoms with Crippen LogP contribution in [-0.2, 0) is 0 Å². The number of halogens is 1.